The third kappa shape index (κ3) is 11.4. The number of hydrogen-bond donors (Lipinski definition) is 2. The number of aliphatic carboxylic acids is 1. The molecule has 0 spiro atoms. The highest BCUT2D eigenvalue weighted by atomic mass is 16.4. The number of rotatable bonds is 5. The van der Waals surface area contributed by atoms with Crippen LogP contribution in [0, 0.1) is 5.92 Å². The van der Waals surface area contributed by atoms with Gasteiger partial charge in [-0.15, -0.1) is 0 Å². The molecule has 0 heterocycles. The number of aliphatic hydroxyl groups is 1. The Kier molecular flexibility index (Phi) is 13.1. The van der Waals surface area contributed by atoms with E-state index in [1.807, 2.05) is 13.8 Å². The molecule has 0 bridgehead atoms. The molecule has 0 rings (SSSR count). The van der Waals surface area contributed by atoms with Crippen LogP contribution in [0.5, 0.6) is 0 Å². The molecule has 0 unspecified atom stereocenters. The van der Waals surface area contributed by atoms with E-state index in [-0.39, 0.29) is 12.5 Å². The van der Waals surface area contributed by atoms with Gasteiger partial charge in [0.05, 0.1) is 5.92 Å². The number of aliphatic hydroxyl groups excluding tert-OH is 1. The molecule has 80 valence electrons. The maximum atomic E-state index is 10.5. The number of hydrogen-bond acceptors (Lipinski definition) is 2. The van der Waals surface area contributed by atoms with E-state index in [0.29, 0.717) is 0 Å². The van der Waals surface area contributed by atoms with Crippen molar-refractivity contribution < 1.29 is 15.0 Å². The van der Waals surface area contributed by atoms with E-state index in [0.717, 1.165) is 25.7 Å². The van der Waals surface area contributed by atoms with Crippen LogP contribution >= 0.6 is 0 Å². The Morgan fingerprint density at radius 3 is 1.62 bits per heavy atom. The van der Waals surface area contributed by atoms with Crippen LogP contribution in [0.3, 0.4) is 0 Å². The van der Waals surface area contributed by atoms with E-state index in [9.17, 15) is 4.79 Å². The van der Waals surface area contributed by atoms with Crippen LogP contribution in [0.4, 0.5) is 0 Å². The molecular formula is C10H22O3. The summed E-state index contributed by atoms with van der Waals surface area (Å²) in [5, 5.41) is 16.2. The summed E-state index contributed by atoms with van der Waals surface area (Å²) in [6.45, 7) is 5.97. The third-order valence-corrected chi connectivity index (χ3v) is 1.62. The summed E-state index contributed by atoms with van der Waals surface area (Å²) in [4.78, 5) is 10.5. The fourth-order valence-electron chi connectivity index (χ4n) is 1.09. The molecule has 0 aliphatic rings. The van der Waals surface area contributed by atoms with Gasteiger partial charge in [-0.2, -0.15) is 0 Å². The summed E-state index contributed by atoms with van der Waals surface area (Å²) in [5.41, 5.74) is 0. The molecule has 0 aromatic rings. The normalized spacial score (nSPS) is 9.31. The number of carboxylic acids is 1. The minimum absolute atomic E-state index is 0.102. The Labute approximate surface area is 80.8 Å². The molecule has 0 aromatic carbocycles. The standard InChI is InChI=1S/C8H16O2.C2H6O/c1-3-5-7(6-4-2)8(9)10;1-2-3/h7H,3-6H2,1-2H3,(H,9,10);3H,2H2,1H3. The van der Waals surface area contributed by atoms with Crippen molar-refractivity contribution >= 4 is 5.97 Å². The first-order valence-corrected chi connectivity index (χ1v) is 4.97. The van der Waals surface area contributed by atoms with Crippen LogP contribution in [0.2, 0.25) is 0 Å². The zero-order valence-electron chi connectivity index (χ0n) is 8.92. The second-order valence-corrected chi connectivity index (χ2v) is 2.93. The second kappa shape index (κ2) is 11.4. The molecule has 0 atom stereocenters. The molecule has 2 N–H and O–H groups in total. The van der Waals surface area contributed by atoms with Crippen LogP contribution in [0.1, 0.15) is 46.5 Å². The van der Waals surface area contributed by atoms with E-state index >= 15 is 0 Å². The average Bonchev–Trinajstić information content (AvgIpc) is 2.05. The van der Waals surface area contributed by atoms with E-state index in [1.54, 1.807) is 6.92 Å². The monoisotopic (exact) mass is 190 g/mol. The average molecular weight is 190 g/mol. The Balaban J connectivity index is 0. The van der Waals surface area contributed by atoms with Gasteiger partial charge in [0.2, 0.25) is 0 Å². The molecule has 0 fully saturated rings. The summed E-state index contributed by atoms with van der Waals surface area (Å²) in [6.07, 6.45) is 3.58. The van der Waals surface area contributed by atoms with Crippen LogP contribution in [0.15, 0.2) is 0 Å². The molecule has 0 aliphatic heterocycles. The van der Waals surface area contributed by atoms with Crippen molar-refractivity contribution in [2.24, 2.45) is 5.92 Å². The van der Waals surface area contributed by atoms with Gasteiger partial charge in [-0.3, -0.25) is 4.79 Å². The largest absolute Gasteiger partial charge is 0.481 e. The number of carboxylic acid groups (broad SMARTS) is 1. The Morgan fingerprint density at radius 1 is 1.15 bits per heavy atom. The van der Waals surface area contributed by atoms with Crippen molar-refractivity contribution in [3.63, 3.8) is 0 Å². The van der Waals surface area contributed by atoms with E-state index in [4.69, 9.17) is 10.2 Å². The van der Waals surface area contributed by atoms with Gasteiger partial charge in [-0.25, -0.2) is 0 Å². The predicted octanol–water partition coefficient (Wildman–Crippen LogP) is 2.29. The van der Waals surface area contributed by atoms with Crippen molar-refractivity contribution in [2.75, 3.05) is 6.61 Å². The molecule has 3 heteroatoms. The number of carbonyl (C=O) groups is 1. The summed E-state index contributed by atoms with van der Waals surface area (Å²) in [5.74, 6) is -0.737. The van der Waals surface area contributed by atoms with Crippen LogP contribution < -0.4 is 0 Å². The summed E-state index contributed by atoms with van der Waals surface area (Å²) in [6, 6.07) is 0. The van der Waals surface area contributed by atoms with Gasteiger partial charge >= 0.3 is 5.97 Å². The van der Waals surface area contributed by atoms with Gasteiger partial charge in [0.15, 0.2) is 0 Å². The maximum absolute atomic E-state index is 10.5. The van der Waals surface area contributed by atoms with Crippen molar-refractivity contribution in [2.45, 2.75) is 46.5 Å². The lowest BCUT2D eigenvalue weighted by molar-refractivity contribution is -0.142. The van der Waals surface area contributed by atoms with Gasteiger partial charge in [0.1, 0.15) is 0 Å². The van der Waals surface area contributed by atoms with E-state index < -0.39 is 5.97 Å². The quantitative estimate of drug-likeness (QED) is 0.699. The van der Waals surface area contributed by atoms with Crippen molar-refractivity contribution in [1.82, 2.24) is 0 Å². The zero-order valence-corrected chi connectivity index (χ0v) is 8.92. The maximum Gasteiger partial charge on any atom is 0.306 e. The van der Waals surface area contributed by atoms with Crippen LogP contribution in [-0.4, -0.2) is 22.8 Å². The lowest BCUT2D eigenvalue weighted by atomic mass is 9.99. The van der Waals surface area contributed by atoms with Crippen molar-refractivity contribution in [1.29, 1.82) is 0 Å². The molecule has 0 aromatic heterocycles. The van der Waals surface area contributed by atoms with Crippen molar-refractivity contribution in [3.8, 4) is 0 Å². The topological polar surface area (TPSA) is 57.5 Å². The first-order valence-electron chi connectivity index (χ1n) is 4.97. The van der Waals surface area contributed by atoms with Gasteiger partial charge in [-0.1, -0.05) is 26.7 Å². The molecule has 13 heavy (non-hydrogen) atoms. The summed E-state index contributed by atoms with van der Waals surface area (Å²) in [7, 11) is 0. The van der Waals surface area contributed by atoms with E-state index in [2.05, 4.69) is 0 Å². The lowest BCUT2D eigenvalue weighted by Crippen LogP contribution is -2.12. The van der Waals surface area contributed by atoms with E-state index in [1.165, 1.54) is 0 Å². The first-order chi connectivity index (χ1) is 6.13. The highest BCUT2D eigenvalue weighted by molar-refractivity contribution is 5.69. The smallest absolute Gasteiger partial charge is 0.306 e. The second-order valence-electron chi connectivity index (χ2n) is 2.93. The molecule has 0 saturated carbocycles. The summed E-state index contributed by atoms with van der Waals surface area (Å²) >= 11 is 0. The predicted molar refractivity (Wildman–Crippen MR) is 53.7 cm³/mol. The molecule has 0 aliphatic carbocycles. The van der Waals surface area contributed by atoms with Crippen LogP contribution in [-0.2, 0) is 4.79 Å². The summed E-state index contributed by atoms with van der Waals surface area (Å²) < 4.78 is 0. The third-order valence-electron chi connectivity index (χ3n) is 1.62. The fraction of sp³-hybridized carbons (Fsp3) is 0.900. The Morgan fingerprint density at radius 2 is 1.46 bits per heavy atom. The SMILES string of the molecule is CCCC(CCC)C(=O)O.CCO. The highest BCUT2D eigenvalue weighted by Crippen LogP contribution is 2.12. The molecule has 0 radical (unpaired) electrons. The van der Waals surface area contributed by atoms with Gasteiger partial charge in [0, 0.05) is 6.61 Å². The minimum Gasteiger partial charge on any atom is -0.481 e. The first kappa shape index (κ1) is 14.9. The van der Waals surface area contributed by atoms with Gasteiger partial charge in [-0.05, 0) is 19.8 Å². The highest BCUT2D eigenvalue weighted by Gasteiger charge is 2.13. The molecular weight excluding hydrogens is 168 g/mol. The Bertz CT molecular complexity index is 107. The molecule has 3 nitrogen and oxygen atoms in total. The van der Waals surface area contributed by atoms with Crippen LogP contribution in [0.25, 0.3) is 0 Å². The van der Waals surface area contributed by atoms with Crippen molar-refractivity contribution in [3.05, 3.63) is 0 Å². The fourth-order valence-corrected chi connectivity index (χ4v) is 1.09. The molecule has 0 saturated heterocycles. The zero-order chi connectivity index (χ0) is 10.7. The van der Waals surface area contributed by atoms with Gasteiger partial charge in [0.25, 0.3) is 0 Å². The minimum atomic E-state index is -0.635. The lowest BCUT2D eigenvalue weighted by Gasteiger charge is -2.07. The Hall–Kier alpha value is -0.570. The molecule has 0 amide bonds. The van der Waals surface area contributed by atoms with Gasteiger partial charge < -0.3 is 10.2 Å².